The Balaban J connectivity index is 3.42. The lowest BCUT2D eigenvalue weighted by Gasteiger charge is -2.13. The van der Waals surface area contributed by atoms with Crippen molar-refractivity contribution >= 4 is 26.5 Å². The van der Waals surface area contributed by atoms with E-state index in [1.165, 1.54) is 25.7 Å². The molecule has 0 spiro atoms. The highest BCUT2D eigenvalue weighted by molar-refractivity contribution is 6.74. The van der Waals surface area contributed by atoms with Crippen molar-refractivity contribution in [1.29, 1.82) is 0 Å². The predicted molar refractivity (Wildman–Crippen MR) is 85.6 cm³/mol. The summed E-state index contributed by atoms with van der Waals surface area (Å²) in [4.78, 5) is 11.1. The van der Waals surface area contributed by atoms with Crippen LogP contribution in [0.25, 0.3) is 0 Å². The summed E-state index contributed by atoms with van der Waals surface area (Å²) >= 11 is 5.63. The Labute approximate surface area is 125 Å². The van der Waals surface area contributed by atoms with E-state index in [9.17, 15) is 9.90 Å². The zero-order chi connectivity index (χ0) is 14.3. The molecule has 0 aromatic carbocycles. The Morgan fingerprint density at radius 3 is 2.37 bits per heavy atom. The van der Waals surface area contributed by atoms with Crippen molar-refractivity contribution in [2.45, 2.75) is 57.4 Å². The Morgan fingerprint density at radius 2 is 1.74 bits per heavy atom. The van der Waals surface area contributed by atoms with E-state index >= 15 is 0 Å². The molecule has 114 valence electrons. The van der Waals surface area contributed by atoms with Gasteiger partial charge in [-0.05, 0) is 25.2 Å². The number of nitrogens with two attached hydrogens (primary N) is 1. The Kier molecular flexibility index (Phi) is 14.6. The molecule has 0 radical (unpaired) electrons. The fraction of sp³-hybridized carbons (Fsp3) is 0.929. The van der Waals surface area contributed by atoms with Gasteiger partial charge in [0.1, 0.15) is 14.9 Å². The Hall–Kier alpha value is 0.0969. The summed E-state index contributed by atoms with van der Waals surface area (Å²) in [6.45, 7) is 0.506. The second kappa shape index (κ2) is 14.5. The van der Waals surface area contributed by atoms with Crippen LogP contribution in [0.1, 0.15) is 51.4 Å². The van der Waals surface area contributed by atoms with Gasteiger partial charge in [-0.1, -0.05) is 38.1 Å². The third-order valence-electron chi connectivity index (χ3n) is 3.55. The minimum absolute atomic E-state index is 0.220. The molecule has 3 nitrogen and oxygen atoms in total. The largest absolute Gasteiger partial charge is 0.396 e. The molecular formula is C14H30ClNO2Si. The molecule has 0 fully saturated rings. The lowest BCUT2D eigenvalue weighted by molar-refractivity contribution is -0.110. The summed E-state index contributed by atoms with van der Waals surface area (Å²) in [6.07, 6.45) is 9.29. The van der Waals surface area contributed by atoms with Crippen LogP contribution in [0.3, 0.4) is 0 Å². The second-order valence-electron chi connectivity index (χ2n) is 5.28. The van der Waals surface area contributed by atoms with Gasteiger partial charge in [-0.15, -0.1) is 11.6 Å². The van der Waals surface area contributed by atoms with Crippen LogP contribution in [-0.4, -0.2) is 39.1 Å². The minimum Gasteiger partial charge on any atom is -0.396 e. The molecule has 0 aromatic heterocycles. The van der Waals surface area contributed by atoms with Crippen LogP contribution in [0.4, 0.5) is 0 Å². The maximum atomic E-state index is 11.1. The molecule has 1 unspecified atom stereocenters. The molecular weight excluding hydrogens is 278 g/mol. The first kappa shape index (κ1) is 19.1. The smallest absolute Gasteiger partial charge is 0.117 e. The van der Waals surface area contributed by atoms with Crippen molar-refractivity contribution in [2.75, 3.05) is 19.0 Å². The molecule has 1 atom stereocenters. The van der Waals surface area contributed by atoms with Crippen molar-refractivity contribution < 1.29 is 9.90 Å². The maximum Gasteiger partial charge on any atom is 0.117 e. The summed E-state index contributed by atoms with van der Waals surface area (Å²) in [6, 6.07) is 1.04. The van der Waals surface area contributed by atoms with Gasteiger partial charge >= 0.3 is 0 Å². The van der Waals surface area contributed by atoms with Gasteiger partial charge in [0, 0.05) is 19.0 Å². The number of rotatable bonds is 14. The molecule has 0 saturated carbocycles. The van der Waals surface area contributed by atoms with Crippen molar-refractivity contribution in [1.82, 2.24) is 0 Å². The highest BCUT2D eigenvalue weighted by Gasteiger charge is 2.08. The lowest BCUT2D eigenvalue weighted by atomic mass is 9.97. The number of aliphatic hydroxyl groups excluding tert-OH is 1. The van der Waals surface area contributed by atoms with Crippen molar-refractivity contribution in [3.8, 4) is 0 Å². The second-order valence-corrected chi connectivity index (χ2v) is 7.66. The number of hydrogen-bond acceptors (Lipinski definition) is 3. The number of carbonyl (C=O) groups is 1. The number of halogens is 1. The first-order valence-corrected chi connectivity index (χ1v) is 9.87. The Morgan fingerprint density at radius 1 is 1.11 bits per heavy atom. The van der Waals surface area contributed by atoms with E-state index in [-0.39, 0.29) is 18.6 Å². The fourth-order valence-corrected chi connectivity index (χ4v) is 3.57. The van der Waals surface area contributed by atoms with Gasteiger partial charge in [-0.25, -0.2) is 0 Å². The predicted octanol–water partition coefficient (Wildman–Crippen LogP) is 2.03. The summed E-state index contributed by atoms with van der Waals surface area (Å²) in [5, 5.41) is 9.61. The SMILES string of the molecule is NCC(=O)[SiH2]CCCC(CO)CCCCCCCCl. The number of carbonyl (C=O) groups excluding carboxylic acids is 1. The van der Waals surface area contributed by atoms with Gasteiger partial charge in [-0.3, -0.25) is 0 Å². The topological polar surface area (TPSA) is 63.3 Å². The average molecular weight is 308 g/mol. The molecule has 0 amide bonds. The molecule has 0 heterocycles. The minimum atomic E-state index is -0.606. The molecule has 0 bridgehead atoms. The zero-order valence-corrected chi connectivity index (χ0v) is 14.3. The van der Waals surface area contributed by atoms with E-state index < -0.39 is 9.52 Å². The van der Waals surface area contributed by atoms with Crippen molar-refractivity contribution in [2.24, 2.45) is 11.7 Å². The summed E-state index contributed by atoms with van der Waals surface area (Å²) in [5.41, 5.74) is 5.29. The number of unbranched alkanes of at least 4 members (excludes halogenated alkanes) is 4. The highest BCUT2D eigenvalue weighted by Crippen LogP contribution is 2.17. The van der Waals surface area contributed by atoms with Gasteiger partial charge in [0.15, 0.2) is 0 Å². The van der Waals surface area contributed by atoms with E-state index in [2.05, 4.69) is 0 Å². The van der Waals surface area contributed by atoms with E-state index in [1.54, 1.807) is 0 Å². The van der Waals surface area contributed by atoms with Crippen LogP contribution >= 0.6 is 11.6 Å². The van der Waals surface area contributed by atoms with Crippen LogP contribution in [-0.2, 0) is 4.79 Å². The first-order chi connectivity index (χ1) is 9.24. The van der Waals surface area contributed by atoms with Crippen LogP contribution in [0.5, 0.6) is 0 Å². The number of hydrogen-bond donors (Lipinski definition) is 2. The van der Waals surface area contributed by atoms with E-state index in [1.807, 2.05) is 0 Å². The van der Waals surface area contributed by atoms with E-state index in [4.69, 9.17) is 17.3 Å². The van der Waals surface area contributed by atoms with Crippen LogP contribution in [0.2, 0.25) is 6.04 Å². The summed E-state index contributed by atoms with van der Waals surface area (Å²) in [5.74, 6) is 1.19. The number of alkyl halides is 1. The molecule has 0 aliphatic rings. The highest BCUT2D eigenvalue weighted by atomic mass is 35.5. The molecule has 0 rings (SSSR count). The van der Waals surface area contributed by atoms with Gasteiger partial charge in [0.25, 0.3) is 0 Å². The van der Waals surface area contributed by atoms with Gasteiger partial charge < -0.3 is 15.6 Å². The van der Waals surface area contributed by atoms with Gasteiger partial charge in [-0.2, -0.15) is 0 Å². The first-order valence-electron chi connectivity index (χ1n) is 7.63. The maximum absolute atomic E-state index is 11.1. The molecule has 5 heteroatoms. The van der Waals surface area contributed by atoms with E-state index in [0.717, 1.165) is 37.6 Å². The van der Waals surface area contributed by atoms with Crippen LogP contribution < -0.4 is 5.73 Å². The lowest BCUT2D eigenvalue weighted by Crippen LogP contribution is -2.20. The molecule has 19 heavy (non-hydrogen) atoms. The summed E-state index contributed by atoms with van der Waals surface area (Å²) in [7, 11) is -0.606. The molecule has 3 N–H and O–H groups in total. The van der Waals surface area contributed by atoms with Crippen LogP contribution in [0.15, 0.2) is 0 Å². The normalized spacial score (nSPS) is 13.2. The Bertz CT molecular complexity index is 218. The van der Waals surface area contributed by atoms with E-state index in [0.29, 0.717) is 5.92 Å². The monoisotopic (exact) mass is 307 g/mol. The standard InChI is InChI=1S/C14H30ClNO2Si/c15-9-5-3-1-2-4-7-13(12-17)8-6-10-19-14(18)11-16/h13,17H,1-12,16,19H2. The fourth-order valence-electron chi connectivity index (χ4n) is 2.24. The zero-order valence-electron chi connectivity index (χ0n) is 12.1. The van der Waals surface area contributed by atoms with Gasteiger partial charge in [0.2, 0.25) is 0 Å². The number of aliphatic hydroxyl groups is 1. The van der Waals surface area contributed by atoms with Crippen molar-refractivity contribution in [3.63, 3.8) is 0 Å². The molecule has 0 aliphatic carbocycles. The molecule has 0 saturated heterocycles. The third-order valence-corrected chi connectivity index (χ3v) is 5.52. The van der Waals surface area contributed by atoms with Gasteiger partial charge in [0.05, 0.1) is 0 Å². The molecule has 0 aliphatic heterocycles. The van der Waals surface area contributed by atoms with Crippen molar-refractivity contribution in [3.05, 3.63) is 0 Å². The molecule has 0 aromatic rings. The van der Waals surface area contributed by atoms with Crippen LogP contribution in [0, 0.1) is 5.92 Å². The quantitative estimate of drug-likeness (QED) is 0.293. The average Bonchev–Trinajstić information content (AvgIpc) is 2.44. The third kappa shape index (κ3) is 12.9. The summed E-state index contributed by atoms with van der Waals surface area (Å²) < 4.78 is 0.